The second kappa shape index (κ2) is 17.5. The van der Waals surface area contributed by atoms with E-state index in [4.69, 9.17) is 23.7 Å². The first-order valence-corrected chi connectivity index (χ1v) is 18.0. The van der Waals surface area contributed by atoms with Gasteiger partial charge in [0.2, 0.25) is 0 Å². The van der Waals surface area contributed by atoms with Crippen LogP contribution in [0.15, 0.2) is 158 Å². The van der Waals surface area contributed by atoms with E-state index < -0.39 is 30.5 Å². The molecule has 1 aliphatic heterocycles. The minimum absolute atomic E-state index is 0.326. The summed E-state index contributed by atoms with van der Waals surface area (Å²) < 4.78 is 34.5. The van der Waals surface area contributed by atoms with Crippen LogP contribution in [0.4, 0.5) is 0 Å². The van der Waals surface area contributed by atoms with E-state index in [1.807, 2.05) is 72.8 Å². The fraction of sp³-hybridized carbons (Fsp3) is 0.261. The number of aryl methyl sites for hydroxylation is 1. The molecule has 0 aliphatic carbocycles. The van der Waals surface area contributed by atoms with Crippen molar-refractivity contribution in [2.75, 3.05) is 6.61 Å². The molecule has 6 aromatic carbocycles. The molecule has 1 heterocycles. The molecule has 0 radical (unpaired) electrons. The SMILES string of the molecule is CCc1cc([C@@H]2O[C@H](COCc3ccccc3)[C@@H](OCc3ccccc3)[C@H](OCc3ccccc3)[C@H]2OCc2ccccc2)c2ccccc2c1. The standard InChI is InChI=1S/C46H46O5/c1-2-34-27-39-25-15-16-26-40(39)41(28-34)43-45(49-31-37-21-11-5-12-22-37)46(50-32-38-23-13-6-14-24-38)44(48-30-36-19-9-4-10-20-36)42(51-43)33-47-29-35-17-7-3-8-18-35/h3-28,42-46H,2,29-33H2,1H3/t42-,43+,44-,45+,46+/m1/s1. The number of hydrogen-bond acceptors (Lipinski definition) is 5. The number of benzene rings is 6. The van der Waals surface area contributed by atoms with Gasteiger partial charge in [-0.1, -0.05) is 165 Å². The molecule has 0 bridgehead atoms. The first kappa shape index (κ1) is 34.8. The molecular weight excluding hydrogens is 633 g/mol. The molecule has 6 aromatic rings. The van der Waals surface area contributed by atoms with Crippen LogP contribution in [0.3, 0.4) is 0 Å². The third kappa shape index (κ3) is 9.01. The van der Waals surface area contributed by atoms with Gasteiger partial charge < -0.3 is 23.7 Å². The molecular formula is C46H46O5. The average Bonchev–Trinajstić information content (AvgIpc) is 3.20. The van der Waals surface area contributed by atoms with Crippen molar-refractivity contribution < 1.29 is 23.7 Å². The summed E-state index contributed by atoms with van der Waals surface area (Å²) in [7, 11) is 0. The number of rotatable bonds is 15. The molecule has 260 valence electrons. The van der Waals surface area contributed by atoms with Gasteiger partial charge in [0, 0.05) is 0 Å². The molecule has 0 saturated carbocycles. The van der Waals surface area contributed by atoms with E-state index in [0.717, 1.165) is 39.6 Å². The summed E-state index contributed by atoms with van der Waals surface area (Å²) in [6.07, 6.45) is -1.44. The number of ether oxygens (including phenoxy) is 5. The molecule has 0 N–H and O–H groups in total. The molecule has 1 saturated heterocycles. The van der Waals surface area contributed by atoms with Crippen LogP contribution < -0.4 is 0 Å². The first-order valence-electron chi connectivity index (χ1n) is 18.0. The van der Waals surface area contributed by atoms with E-state index in [9.17, 15) is 0 Å². The highest BCUT2D eigenvalue weighted by atomic mass is 16.6. The van der Waals surface area contributed by atoms with Crippen molar-refractivity contribution >= 4 is 10.8 Å². The molecule has 5 atom stereocenters. The van der Waals surface area contributed by atoms with Crippen molar-refractivity contribution in [3.8, 4) is 0 Å². The largest absolute Gasteiger partial charge is 0.374 e. The van der Waals surface area contributed by atoms with Gasteiger partial charge in [-0.15, -0.1) is 0 Å². The monoisotopic (exact) mass is 678 g/mol. The second-order valence-electron chi connectivity index (χ2n) is 13.1. The fourth-order valence-electron chi connectivity index (χ4n) is 6.88. The molecule has 1 fully saturated rings. The van der Waals surface area contributed by atoms with E-state index in [2.05, 4.69) is 91.9 Å². The highest BCUT2D eigenvalue weighted by Gasteiger charge is 2.49. The van der Waals surface area contributed by atoms with Gasteiger partial charge >= 0.3 is 0 Å². The zero-order valence-electron chi connectivity index (χ0n) is 29.2. The van der Waals surface area contributed by atoms with Crippen LogP contribution in [0, 0.1) is 0 Å². The number of fused-ring (bicyclic) bond motifs is 1. The smallest absolute Gasteiger partial charge is 0.117 e. The summed E-state index contributed by atoms with van der Waals surface area (Å²) in [5, 5.41) is 2.32. The van der Waals surface area contributed by atoms with Gasteiger partial charge in [0.15, 0.2) is 0 Å². The Bertz CT molecular complexity index is 1920. The summed E-state index contributed by atoms with van der Waals surface area (Å²) in [4.78, 5) is 0. The lowest BCUT2D eigenvalue weighted by Crippen LogP contribution is -2.58. The summed E-state index contributed by atoms with van der Waals surface area (Å²) in [6.45, 7) is 4.20. The maximum atomic E-state index is 7.25. The molecule has 0 unspecified atom stereocenters. The van der Waals surface area contributed by atoms with E-state index >= 15 is 0 Å². The summed E-state index contributed by atoms with van der Waals surface area (Å²) in [5.74, 6) is 0. The molecule has 0 spiro atoms. The van der Waals surface area contributed by atoms with Gasteiger partial charge in [-0.05, 0) is 50.6 Å². The minimum atomic E-state index is -0.490. The Morgan fingerprint density at radius 2 is 0.941 bits per heavy atom. The second-order valence-corrected chi connectivity index (χ2v) is 13.1. The van der Waals surface area contributed by atoms with Crippen molar-refractivity contribution in [3.05, 3.63) is 191 Å². The van der Waals surface area contributed by atoms with Gasteiger partial charge in [0.1, 0.15) is 30.5 Å². The Labute approximate surface area is 301 Å². The van der Waals surface area contributed by atoms with Gasteiger partial charge in [0.05, 0.1) is 33.0 Å². The Balaban J connectivity index is 1.30. The zero-order chi connectivity index (χ0) is 34.7. The van der Waals surface area contributed by atoms with Gasteiger partial charge in [-0.25, -0.2) is 0 Å². The third-order valence-electron chi connectivity index (χ3n) is 9.55. The van der Waals surface area contributed by atoms with Crippen molar-refractivity contribution in [2.45, 2.75) is 70.3 Å². The van der Waals surface area contributed by atoms with Gasteiger partial charge in [-0.2, -0.15) is 0 Å². The minimum Gasteiger partial charge on any atom is -0.374 e. The lowest BCUT2D eigenvalue weighted by atomic mass is 9.87. The molecule has 0 aromatic heterocycles. The lowest BCUT2D eigenvalue weighted by Gasteiger charge is -2.46. The zero-order valence-corrected chi connectivity index (χ0v) is 29.2. The topological polar surface area (TPSA) is 46.2 Å². The van der Waals surface area contributed by atoms with Crippen LogP contribution in [-0.2, 0) is 56.5 Å². The molecule has 5 heteroatoms. The van der Waals surface area contributed by atoms with Gasteiger partial charge in [0.25, 0.3) is 0 Å². The summed E-state index contributed by atoms with van der Waals surface area (Å²) in [6, 6.07) is 54.2. The predicted molar refractivity (Wildman–Crippen MR) is 202 cm³/mol. The summed E-state index contributed by atoms with van der Waals surface area (Å²) in [5.41, 5.74) is 6.68. The first-order chi connectivity index (χ1) is 25.2. The molecule has 0 amide bonds. The molecule has 1 aliphatic rings. The Morgan fingerprint density at radius 1 is 0.471 bits per heavy atom. The lowest BCUT2D eigenvalue weighted by molar-refractivity contribution is -0.274. The average molecular weight is 679 g/mol. The highest BCUT2D eigenvalue weighted by Crippen LogP contribution is 2.41. The molecule has 5 nitrogen and oxygen atoms in total. The van der Waals surface area contributed by atoms with Crippen molar-refractivity contribution in [3.63, 3.8) is 0 Å². The van der Waals surface area contributed by atoms with Gasteiger partial charge in [-0.3, -0.25) is 0 Å². The van der Waals surface area contributed by atoms with Crippen LogP contribution in [0.2, 0.25) is 0 Å². The van der Waals surface area contributed by atoms with Crippen molar-refractivity contribution in [1.82, 2.24) is 0 Å². The van der Waals surface area contributed by atoms with E-state index in [-0.39, 0.29) is 0 Å². The summed E-state index contributed by atoms with van der Waals surface area (Å²) >= 11 is 0. The predicted octanol–water partition coefficient (Wildman–Crippen LogP) is 9.82. The number of hydrogen-bond donors (Lipinski definition) is 0. The highest BCUT2D eigenvalue weighted by molar-refractivity contribution is 5.87. The molecule has 51 heavy (non-hydrogen) atoms. The quantitative estimate of drug-likeness (QED) is 0.108. The van der Waals surface area contributed by atoms with Crippen LogP contribution in [0.25, 0.3) is 10.8 Å². The van der Waals surface area contributed by atoms with Crippen molar-refractivity contribution in [2.24, 2.45) is 0 Å². The van der Waals surface area contributed by atoms with Crippen LogP contribution in [-0.4, -0.2) is 31.0 Å². The Hall–Kier alpha value is -4.62. The Morgan fingerprint density at radius 3 is 1.49 bits per heavy atom. The van der Waals surface area contributed by atoms with E-state index in [1.54, 1.807) is 0 Å². The van der Waals surface area contributed by atoms with Crippen LogP contribution >= 0.6 is 0 Å². The maximum absolute atomic E-state index is 7.25. The molecule has 7 rings (SSSR count). The fourth-order valence-corrected chi connectivity index (χ4v) is 6.88. The maximum Gasteiger partial charge on any atom is 0.117 e. The van der Waals surface area contributed by atoms with Crippen LogP contribution in [0.1, 0.15) is 46.4 Å². The van der Waals surface area contributed by atoms with E-state index in [0.29, 0.717) is 33.0 Å². The van der Waals surface area contributed by atoms with Crippen molar-refractivity contribution in [1.29, 1.82) is 0 Å². The van der Waals surface area contributed by atoms with E-state index in [1.165, 1.54) is 10.9 Å². The van der Waals surface area contributed by atoms with Crippen LogP contribution in [0.5, 0.6) is 0 Å². The Kier molecular flexibility index (Phi) is 12.0. The normalized spacial score (nSPS) is 20.4. The third-order valence-corrected chi connectivity index (χ3v) is 9.55.